The Morgan fingerprint density at radius 1 is 1.09 bits per heavy atom. The molecule has 2 rings (SSSR count). The normalized spacial score (nSPS) is 11.1. The second-order valence-electron chi connectivity index (χ2n) is 6.28. The minimum Gasteiger partial charge on any atom is -0.443 e. The fourth-order valence-electron chi connectivity index (χ4n) is 2.00. The first kappa shape index (κ1) is 16.8. The van der Waals surface area contributed by atoms with Crippen LogP contribution in [0.4, 0.5) is 20.6 Å². The van der Waals surface area contributed by atoms with Crippen molar-refractivity contribution in [2.75, 3.05) is 10.6 Å². The van der Waals surface area contributed by atoms with Crippen LogP contribution in [0.5, 0.6) is 0 Å². The van der Waals surface area contributed by atoms with Gasteiger partial charge in [0.25, 0.3) is 0 Å². The van der Waals surface area contributed by atoms with Gasteiger partial charge in [0.15, 0.2) is 0 Å². The molecule has 0 unspecified atom stereocenters. The molecule has 2 aromatic rings. The standard InChI is InChI=1S/C18H21FN2O2/c1-18(2,3)23-17(22)21(16-10-8-15(20)9-11-16)12-13-4-6-14(19)7-5-13/h4-11H,12,20H2,1-3H3. The van der Waals surface area contributed by atoms with Gasteiger partial charge in [0, 0.05) is 11.4 Å². The zero-order valence-corrected chi connectivity index (χ0v) is 13.5. The van der Waals surface area contributed by atoms with E-state index in [-0.39, 0.29) is 12.4 Å². The van der Waals surface area contributed by atoms with Gasteiger partial charge in [-0.2, -0.15) is 0 Å². The Labute approximate surface area is 135 Å². The maximum Gasteiger partial charge on any atom is 0.415 e. The molecular weight excluding hydrogens is 295 g/mol. The number of hydrogen-bond donors (Lipinski definition) is 1. The lowest BCUT2D eigenvalue weighted by molar-refractivity contribution is 0.0577. The van der Waals surface area contributed by atoms with Crippen LogP contribution in [-0.2, 0) is 11.3 Å². The van der Waals surface area contributed by atoms with Gasteiger partial charge in [-0.05, 0) is 62.7 Å². The zero-order valence-electron chi connectivity index (χ0n) is 13.5. The third kappa shape index (κ3) is 4.98. The van der Waals surface area contributed by atoms with Gasteiger partial charge in [-0.1, -0.05) is 12.1 Å². The number of amides is 1. The van der Waals surface area contributed by atoms with Crippen LogP contribution in [0.15, 0.2) is 48.5 Å². The second-order valence-corrected chi connectivity index (χ2v) is 6.28. The molecule has 122 valence electrons. The highest BCUT2D eigenvalue weighted by molar-refractivity contribution is 5.88. The molecular formula is C18H21FN2O2. The fourth-order valence-corrected chi connectivity index (χ4v) is 2.00. The number of rotatable bonds is 3. The van der Waals surface area contributed by atoms with Crippen LogP contribution in [0, 0.1) is 5.82 Å². The van der Waals surface area contributed by atoms with Crippen molar-refractivity contribution >= 4 is 17.5 Å². The molecule has 0 aromatic heterocycles. The van der Waals surface area contributed by atoms with Gasteiger partial charge >= 0.3 is 6.09 Å². The van der Waals surface area contributed by atoms with Gasteiger partial charge in [0.2, 0.25) is 0 Å². The van der Waals surface area contributed by atoms with E-state index < -0.39 is 11.7 Å². The van der Waals surface area contributed by atoms with E-state index in [2.05, 4.69) is 0 Å². The van der Waals surface area contributed by atoms with E-state index in [4.69, 9.17) is 10.5 Å². The molecule has 0 spiro atoms. The molecule has 0 saturated carbocycles. The summed E-state index contributed by atoms with van der Waals surface area (Å²) in [6.07, 6.45) is -0.466. The van der Waals surface area contributed by atoms with Crippen LogP contribution in [0.1, 0.15) is 26.3 Å². The fraction of sp³-hybridized carbons (Fsp3) is 0.278. The Bertz CT molecular complexity index is 661. The number of benzene rings is 2. The molecule has 2 N–H and O–H groups in total. The number of anilines is 2. The summed E-state index contributed by atoms with van der Waals surface area (Å²) >= 11 is 0. The summed E-state index contributed by atoms with van der Waals surface area (Å²) < 4.78 is 18.5. The lowest BCUT2D eigenvalue weighted by Crippen LogP contribution is -2.36. The Morgan fingerprint density at radius 2 is 1.65 bits per heavy atom. The maximum absolute atomic E-state index is 13.1. The number of carbonyl (C=O) groups excluding carboxylic acids is 1. The average molecular weight is 316 g/mol. The largest absolute Gasteiger partial charge is 0.443 e. The topological polar surface area (TPSA) is 55.6 Å². The van der Waals surface area contributed by atoms with Crippen molar-refractivity contribution < 1.29 is 13.9 Å². The Morgan fingerprint density at radius 3 is 2.17 bits per heavy atom. The van der Waals surface area contributed by atoms with Crippen molar-refractivity contribution in [3.05, 3.63) is 59.9 Å². The van der Waals surface area contributed by atoms with Crippen LogP contribution in [0.2, 0.25) is 0 Å². The van der Waals surface area contributed by atoms with Crippen molar-refractivity contribution in [3.63, 3.8) is 0 Å². The van der Waals surface area contributed by atoms with Crippen molar-refractivity contribution in [3.8, 4) is 0 Å². The molecule has 5 heteroatoms. The molecule has 0 aliphatic carbocycles. The highest BCUT2D eigenvalue weighted by atomic mass is 19.1. The third-order valence-corrected chi connectivity index (χ3v) is 3.07. The quantitative estimate of drug-likeness (QED) is 0.857. The smallest absolute Gasteiger partial charge is 0.415 e. The highest BCUT2D eigenvalue weighted by Crippen LogP contribution is 2.22. The molecule has 1 amide bonds. The first-order valence-electron chi connectivity index (χ1n) is 7.35. The monoisotopic (exact) mass is 316 g/mol. The van der Waals surface area contributed by atoms with Gasteiger partial charge in [-0.25, -0.2) is 9.18 Å². The van der Waals surface area contributed by atoms with E-state index in [1.165, 1.54) is 17.0 Å². The summed E-state index contributed by atoms with van der Waals surface area (Å²) in [5.41, 5.74) is 7.17. The Kier molecular flexibility index (Phi) is 4.89. The van der Waals surface area contributed by atoms with E-state index in [0.717, 1.165) is 5.56 Å². The maximum atomic E-state index is 13.1. The van der Waals surface area contributed by atoms with Crippen LogP contribution >= 0.6 is 0 Å². The summed E-state index contributed by atoms with van der Waals surface area (Å²) in [6.45, 7) is 5.71. The van der Waals surface area contributed by atoms with Crippen LogP contribution in [-0.4, -0.2) is 11.7 Å². The molecule has 0 saturated heterocycles. The molecule has 2 aromatic carbocycles. The van der Waals surface area contributed by atoms with E-state index in [1.807, 2.05) is 20.8 Å². The molecule has 0 aliphatic rings. The predicted octanol–water partition coefficient (Wildman–Crippen LogP) is 4.35. The van der Waals surface area contributed by atoms with Gasteiger partial charge in [0.1, 0.15) is 11.4 Å². The lowest BCUT2D eigenvalue weighted by Gasteiger charge is -2.27. The number of halogens is 1. The van der Waals surface area contributed by atoms with Gasteiger partial charge in [-0.15, -0.1) is 0 Å². The van der Waals surface area contributed by atoms with Crippen LogP contribution in [0.3, 0.4) is 0 Å². The number of nitrogens with two attached hydrogens (primary N) is 1. The van der Waals surface area contributed by atoms with Gasteiger partial charge in [0.05, 0.1) is 6.54 Å². The summed E-state index contributed by atoms with van der Waals surface area (Å²) in [5, 5.41) is 0. The van der Waals surface area contributed by atoms with E-state index in [1.54, 1.807) is 36.4 Å². The molecule has 0 fully saturated rings. The van der Waals surface area contributed by atoms with Crippen LogP contribution in [0.25, 0.3) is 0 Å². The molecule has 0 heterocycles. The van der Waals surface area contributed by atoms with Crippen molar-refractivity contribution in [2.45, 2.75) is 32.9 Å². The summed E-state index contributed by atoms with van der Waals surface area (Å²) in [4.78, 5) is 14.0. The van der Waals surface area contributed by atoms with Crippen molar-refractivity contribution in [1.82, 2.24) is 0 Å². The second kappa shape index (κ2) is 6.69. The zero-order chi connectivity index (χ0) is 17.0. The molecule has 4 nitrogen and oxygen atoms in total. The molecule has 0 atom stereocenters. The number of nitrogen functional groups attached to an aromatic ring is 1. The van der Waals surface area contributed by atoms with Gasteiger partial charge in [-0.3, -0.25) is 4.90 Å². The van der Waals surface area contributed by atoms with Crippen molar-refractivity contribution in [2.24, 2.45) is 0 Å². The van der Waals surface area contributed by atoms with E-state index >= 15 is 0 Å². The minimum atomic E-state index is -0.605. The summed E-state index contributed by atoms with van der Waals surface area (Å²) in [6, 6.07) is 13.0. The minimum absolute atomic E-state index is 0.277. The molecule has 0 bridgehead atoms. The first-order chi connectivity index (χ1) is 10.7. The average Bonchev–Trinajstić information content (AvgIpc) is 2.46. The number of carbonyl (C=O) groups is 1. The van der Waals surface area contributed by atoms with Crippen molar-refractivity contribution in [1.29, 1.82) is 0 Å². The molecule has 0 aliphatic heterocycles. The summed E-state index contributed by atoms with van der Waals surface area (Å²) in [5.74, 6) is -0.315. The molecule has 0 radical (unpaired) electrons. The van der Waals surface area contributed by atoms with Gasteiger partial charge < -0.3 is 10.5 Å². The van der Waals surface area contributed by atoms with E-state index in [0.29, 0.717) is 11.4 Å². The lowest BCUT2D eigenvalue weighted by atomic mass is 10.2. The third-order valence-electron chi connectivity index (χ3n) is 3.07. The number of nitrogens with zero attached hydrogens (tertiary/aromatic N) is 1. The SMILES string of the molecule is CC(C)(C)OC(=O)N(Cc1ccc(F)cc1)c1ccc(N)cc1. The number of hydrogen-bond acceptors (Lipinski definition) is 3. The molecule has 23 heavy (non-hydrogen) atoms. The van der Waals surface area contributed by atoms with Crippen LogP contribution < -0.4 is 10.6 Å². The Hall–Kier alpha value is -2.56. The first-order valence-corrected chi connectivity index (χ1v) is 7.35. The highest BCUT2D eigenvalue weighted by Gasteiger charge is 2.23. The summed E-state index contributed by atoms with van der Waals surface area (Å²) in [7, 11) is 0. The van der Waals surface area contributed by atoms with E-state index in [9.17, 15) is 9.18 Å². The Balaban J connectivity index is 2.28. The number of ether oxygens (including phenoxy) is 1. The predicted molar refractivity (Wildman–Crippen MR) is 89.7 cm³/mol.